The Balaban J connectivity index is 1.94. The van der Waals surface area contributed by atoms with E-state index in [-0.39, 0.29) is 5.92 Å². The highest BCUT2D eigenvalue weighted by atomic mass is 16.5. The molecule has 158 valence electrons. The van der Waals surface area contributed by atoms with Gasteiger partial charge in [-0.2, -0.15) is 0 Å². The summed E-state index contributed by atoms with van der Waals surface area (Å²) in [5.41, 5.74) is 6.17. The summed E-state index contributed by atoms with van der Waals surface area (Å²) >= 11 is 0. The van der Waals surface area contributed by atoms with E-state index in [1.54, 1.807) is 7.11 Å². The SMILES string of the molecule is COCCOc1ccc(C(c2ccc(N(C)C)cc2)c2ccc(N(C)C)cc2)cc1. The normalized spacial score (nSPS) is 10.9. The predicted octanol–water partition coefficient (Wildman–Crippen LogP) is 5.02. The van der Waals surface area contributed by atoms with Crippen molar-refractivity contribution in [3.05, 3.63) is 89.5 Å². The molecule has 0 spiro atoms. The molecular formula is C26H32N2O2. The van der Waals surface area contributed by atoms with Crippen molar-refractivity contribution in [3.8, 4) is 5.75 Å². The molecule has 0 fully saturated rings. The molecule has 0 saturated carbocycles. The van der Waals surface area contributed by atoms with Gasteiger partial charge in [-0.1, -0.05) is 36.4 Å². The lowest BCUT2D eigenvalue weighted by molar-refractivity contribution is 0.146. The fraction of sp³-hybridized carbons (Fsp3) is 0.308. The van der Waals surface area contributed by atoms with Crippen molar-refractivity contribution in [2.24, 2.45) is 0 Å². The quantitative estimate of drug-likeness (QED) is 0.369. The van der Waals surface area contributed by atoms with E-state index >= 15 is 0 Å². The van der Waals surface area contributed by atoms with Crippen LogP contribution in [0.1, 0.15) is 22.6 Å². The molecule has 0 aliphatic heterocycles. The summed E-state index contributed by atoms with van der Waals surface area (Å²) in [4.78, 5) is 4.24. The predicted molar refractivity (Wildman–Crippen MR) is 126 cm³/mol. The highest BCUT2D eigenvalue weighted by Crippen LogP contribution is 2.34. The van der Waals surface area contributed by atoms with Gasteiger partial charge in [-0.3, -0.25) is 0 Å². The first kappa shape index (κ1) is 21.7. The van der Waals surface area contributed by atoms with Crippen molar-refractivity contribution in [3.63, 3.8) is 0 Å². The Morgan fingerprint density at radius 1 is 0.600 bits per heavy atom. The van der Waals surface area contributed by atoms with Gasteiger partial charge in [0.15, 0.2) is 0 Å². The molecule has 0 amide bonds. The summed E-state index contributed by atoms with van der Waals surface area (Å²) < 4.78 is 10.8. The third-order valence-electron chi connectivity index (χ3n) is 5.26. The molecule has 30 heavy (non-hydrogen) atoms. The van der Waals surface area contributed by atoms with E-state index in [2.05, 4.69) is 98.7 Å². The smallest absolute Gasteiger partial charge is 0.119 e. The van der Waals surface area contributed by atoms with Gasteiger partial charge in [-0.15, -0.1) is 0 Å². The van der Waals surface area contributed by atoms with Crippen LogP contribution in [0.3, 0.4) is 0 Å². The van der Waals surface area contributed by atoms with Crippen molar-refractivity contribution in [1.29, 1.82) is 0 Å². The Hall–Kier alpha value is -2.98. The lowest BCUT2D eigenvalue weighted by atomic mass is 9.85. The molecule has 0 aliphatic rings. The first-order valence-corrected chi connectivity index (χ1v) is 10.3. The third kappa shape index (κ3) is 5.33. The standard InChI is InChI=1S/C26H32N2O2/c1-27(2)23-12-6-20(7-13-23)26(21-8-14-24(15-9-21)28(3)4)22-10-16-25(17-11-22)30-19-18-29-5/h6-17,26H,18-19H2,1-5H3. The van der Waals surface area contributed by atoms with Crippen molar-refractivity contribution in [2.75, 3.05) is 58.3 Å². The average Bonchev–Trinajstić information content (AvgIpc) is 2.76. The lowest BCUT2D eigenvalue weighted by Gasteiger charge is -2.22. The van der Waals surface area contributed by atoms with Gasteiger partial charge < -0.3 is 19.3 Å². The van der Waals surface area contributed by atoms with Crippen LogP contribution in [0, 0.1) is 0 Å². The molecule has 3 aromatic carbocycles. The minimum atomic E-state index is 0.158. The van der Waals surface area contributed by atoms with Gasteiger partial charge in [0.05, 0.1) is 6.61 Å². The van der Waals surface area contributed by atoms with E-state index in [0.29, 0.717) is 13.2 Å². The second-order valence-electron chi connectivity index (χ2n) is 7.82. The summed E-state index contributed by atoms with van der Waals surface area (Å²) in [6.45, 7) is 1.14. The van der Waals surface area contributed by atoms with Gasteiger partial charge in [0, 0.05) is 52.6 Å². The fourth-order valence-electron chi connectivity index (χ4n) is 3.51. The molecule has 4 nitrogen and oxygen atoms in total. The van der Waals surface area contributed by atoms with Gasteiger partial charge in [-0.25, -0.2) is 0 Å². The molecule has 0 unspecified atom stereocenters. The molecule has 0 saturated heterocycles. The monoisotopic (exact) mass is 404 g/mol. The summed E-state index contributed by atoms with van der Waals surface area (Å²) in [6, 6.07) is 26.0. The van der Waals surface area contributed by atoms with Crippen LogP contribution >= 0.6 is 0 Å². The molecule has 0 aromatic heterocycles. The van der Waals surface area contributed by atoms with Crippen LogP contribution in [0.2, 0.25) is 0 Å². The molecule has 0 bridgehead atoms. The maximum Gasteiger partial charge on any atom is 0.119 e. The molecule has 4 heteroatoms. The number of methoxy groups -OCH3 is 1. The Morgan fingerprint density at radius 2 is 1.00 bits per heavy atom. The molecule has 0 radical (unpaired) electrons. The molecule has 3 aromatic rings. The van der Waals surface area contributed by atoms with E-state index in [0.717, 1.165) is 5.75 Å². The van der Waals surface area contributed by atoms with Crippen molar-refractivity contribution in [2.45, 2.75) is 5.92 Å². The lowest BCUT2D eigenvalue weighted by Crippen LogP contribution is -2.10. The third-order valence-corrected chi connectivity index (χ3v) is 5.26. The van der Waals surface area contributed by atoms with Crippen LogP contribution in [0.5, 0.6) is 5.75 Å². The maximum absolute atomic E-state index is 5.74. The first-order valence-electron chi connectivity index (χ1n) is 10.3. The van der Waals surface area contributed by atoms with Crippen LogP contribution < -0.4 is 14.5 Å². The molecule has 0 N–H and O–H groups in total. The number of rotatable bonds is 9. The van der Waals surface area contributed by atoms with Crippen LogP contribution in [0.4, 0.5) is 11.4 Å². The molecule has 0 atom stereocenters. The van der Waals surface area contributed by atoms with Crippen LogP contribution in [-0.2, 0) is 4.74 Å². The van der Waals surface area contributed by atoms with Gasteiger partial charge >= 0.3 is 0 Å². The van der Waals surface area contributed by atoms with Crippen molar-refractivity contribution in [1.82, 2.24) is 0 Å². The van der Waals surface area contributed by atoms with Crippen LogP contribution in [0.15, 0.2) is 72.8 Å². The highest BCUT2D eigenvalue weighted by molar-refractivity contribution is 5.53. The zero-order valence-corrected chi connectivity index (χ0v) is 18.6. The summed E-state index contributed by atoms with van der Waals surface area (Å²) in [5, 5.41) is 0. The second-order valence-corrected chi connectivity index (χ2v) is 7.82. The summed E-state index contributed by atoms with van der Waals surface area (Å²) in [6.07, 6.45) is 0. The first-order chi connectivity index (χ1) is 14.5. The number of nitrogens with zero attached hydrogens (tertiary/aromatic N) is 2. The second kappa shape index (κ2) is 10.2. The fourth-order valence-corrected chi connectivity index (χ4v) is 3.51. The van der Waals surface area contributed by atoms with Crippen LogP contribution in [-0.4, -0.2) is 48.5 Å². The molecule has 0 heterocycles. The Kier molecular flexibility index (Phi) is 7.36. The number of benzene rings is 3. The van der Waals surface area contributed by atoms with Crippen LogP contribution in [0.25, 0.3) is 0 Å². The Labute approximate surface area is 180 Å². The van der Waals surface area contributed by atoms with E-state index in [1.165, 1.54) is 28.1 Å². The molecule has 0 aliphatic carbocycles. The van der Waals surface area contributed by atoms with Gasteiger partial charge in [0.2, 0.25) is 0 Å². The molecular weight excluding hydrogens is 372 g/mol. The number of ether oxygens (including phenoxy) is 2. The number of hydrogen-bond donors (Lipinski definition) is 0. The zero-order chi connectivity index (χ0) is 21.5. The van der Waals surface area contributed by atoms with Crippen molar-refractivity contribution < 1.29 is 9.47 Å². The minimum absolute atomic E-state index is 0.158. The minimum Gasteiger partial charge on any atom is -0.491 e. The van der Waals surface area contributed by atoms with E-state index in [9.17, 15) is 0 Å². The number of anilines is 2. The van der Waals surface area contributed by atoms with Crippen molar-refractivity contribution >= 4 is 11.4 Å². The summed E-state index contributed by atoms with van der Waals surface area (Å²) in [5.74, 6) is 1.02. The largest absolute Gasteiger partial charge is 0.491 e. The average molecular weight is 405 g/mol. The van der Waals surface area contributed by atoms with Gasteiger partial charge in [0.1, 0.15) is 12.4 Å². The Bertz CT molecular complexity index is 850. The maximum atomic E-state index is 5.74. The molecule has 3 rings (SSSR count). The van der Waals surface area contributed by atoms with E-state index < -0.39 is 0 Å². The topological polar surface area (TPSA) is 24.9 Å². The number of hydrogen-bond acceptors (Lipinski definition) is 4. The summed E-state index contributed by atoms with van der Waals surface area (Å²) in [7, 11) is 9.94. The van der Waals surface area contributed by atoms with Gasteiger partial charge in [-0.05, 0) is 53.1 Å². The van der Waals surface area contributed by atoms with E-state index in [1.807, 2.05) is 12.1 Å². The zero-order valence-electron chi connectivity index (χ0n) is 18.6. The Morgan fingerprint density at radius 3 is 1.37 bits per heavy atom. The highest BCUT2D eigenvalue weighted by Gasteiger charge is 2.17. The van der Waals surface area contributed by atoms with Gasteiger partial charge in [0.25, 0.3) is 0 Å². The van der Waals surface area contributed by atoms with E-state index in [4.69, 9.17) is 9.47 Å².